The second-order valence-corrected chi connectivity index (χ2v) is 6.53. The summed E-state index contributed by atoms with van der Waals surface area (Å²) in [4.78, 5) is 19.0. The maximum Gasteiger partial charge on any atom is 0.246 e. The van der Waals surface area contributed by atoms with Gasteiger partial charge in [0.1, 0.15) is 0 Å². The van der Waals surface area contributed by atoms with Crippen LogP contribution in [0.5, 0.6) is 0 Å². The number of carbonyl (C=O) groups is 1. The SMILES string of the molecule is CC1CN(C(=O)/C=C/c2c(Cl)nc3sccn23)CCC1O. The smallest absolute Gasteiger partial charge is 0.246 e. The highest BCUT2D eigenvalue weighted by atomic mass is 35.5. The molecule has 0 spiro atoms. The van der Waals surface area contributed by atoms with Gasteiger partial charge in [-0.1, -0.05) is 18.5 Å². The number of halogens is 1. The second-order valence-electron chi connectivity index (χ2n) is 5.29. The molecule has 1 saturated heterocycles. The highest BCUT2D eigenvalue weighted by Crippen LogP contribution is 2.23. The zero-order chi connectivity index (χ0) is 15.0. The second kappa shape index (κ2) is 5.79. The number of hydrogen-bond donors (Lipinski definition) is 1. The summed E-state index contributed by atoms with van der Waals surface area (Å²) in [5.41, 5.74) is 0.714. The van der Waals surface area contributed by atoms with Gasteiger partial charge in [0.05, 0.1) is 11.8 Å². The minimum atomic E-state index is -0.312. The Balaban J connectivity index is 1.75. The van der Waals surface area contributed by atoms with E-state index >= 15 is 0 Å². The van der Waals surface area contributed by atoms with Crippen molar-refractivity contribution in [3.05, 3.63) is 28.5 Å². The van der Waals surface area contributed by atoms with Crippen molar-refractivity contribution in [2.45, 2.75) is 19.4 Å². The van der Waals surface area contributed by atoms with Crippen molar-refractivity contribution in [2.75, 3.05) is 13.1 Å². The number of aromatic nitrogens is 2. The molecule has 2 aromatic heterocycles. The van der Waals surface area contributed by atoms with Crippen LogP contribution in [0, 0.1) is 5.92 Å². The fraction of sp³-hybridized carbons (Fsp3) is 0.429. The first-order chi connectivity index (χ1) is 10.1. The van der Waals surface area contributed by atoms with E-state index in [2.05, 4.69) is 4.98 Å². The third-order valence-corrected chi connectivity index (χ3v) is 4.84. The maximum atomic E-state index is 12.2. The molecule has 1 aliphatic heterocycles. The monoisotopic (exact) mass is 325 g/mol. The molecule has 1 aliphatic rings. The third kappa shape index (κ3) is 2.84. The van der Waals surface area contributed by atoms with Gasteiger partial charge in [0.25, 0.3) is 0 Å². The summed E-state index contributed by atoms with van der Waals surface area (Å²) in [7, 11) is 0. The van der Waals surface area contributed by atoms with E-state index in [0.29, 0.717) is 30.4 Å². The molecule has 3 rings (SSSR count). The van der Waals surface area contributed by atoms with E-state index in [1.807, 2.05) is 22.9 Å². The van der Waals surface area contributed by atoms with Crippen LogP contribution in [-0.4, -0.2) is 44.5 Å². The van der Waals surface area contributed by atoms with E-state index in [1.165, 1.54) is 17.4 Å². The van der Waals surface area contributed by atoms with Crippen molar-refractivity contribution in [3.8, 4) is 0 Å². The Morgan fingerprint density at radius 3 is 3.19 bits per heavy atom. The molecule has 1 fully saturated rings. The number of amides is 1. The van der Waals surface area contributed by atoms with E-state index in [4.69, 9.17) is 11.6 Å². The van der Waals surface area contributed by atoms with Crippen molar-refractivity contribution in [2.24, 2.45) is 5.92 Å². The minimum absolute atomic E-state index is 0.0602. The normalized spacial score (nSPS) is 23.3. The summed E-state index contributed by atoms with van der Waals surface area (Å²) in [5.74, 6) is 0.0493. The molecule has 112 valence electrons. The Morgan fingerprint density at radius 2 is 2.43 bits per heavy atom. The van der Waals surface area contributed by atoms with Crippen LogP contribution in [0.15, 0.2) is 17.7 Å². The quantitative estimate of drug-likeness (QED) is 0.862. The molecule has 0 saturated carbocycles. The van der Waals surface area contributed by atoms with Gasteiger partial charge in [0.2, 0.25) is 5.91 Å². The minimum Gasteiger partial charge on any atom is -0.393 e. The Kier molecular flexibility index (Phi) is 4.01. The predicted octanol–water partition coefficient (Wildman–Crippen LogP) is 2.29. The van der Waals surface area contributed by atoms with Gasteiger partial charge in [-0.05, 0) is 18.4 Å². The van der Waals surface area contributed by atoms with Crippen LogP contribution >= 0.6 is 22.9 Å². The van der Waals surface area contributed by atoms with Crippen LogP contribution in [0.25, 0.3) is 11.0 Å². The lowest BCUT2D eigenvalue weighted by Gasteiger charge is -2.33. The summed E-state index contributed by atoms with van der Waals surface area (Å²) in [6.45, 7) is 3.12. The first kappa shape index (κ1) is 14.6. The number of carbonyl (C=O) groups excluding carboxylic acids is 1. The molecule has 2 aromatic rings. The fourth-order valence-corrected chi connectivity index (χ4v) is 3.52. The van der Waals surface area contributed by atoms with Crippen molar-refractivity contribution >= 4 is 39.9 Å². The van der Waals surface area contributed by atoms with Crippen LogP contribution in [0.1, 0.15) is 19.0 Å². The van der Waals surface area contributed by atoms with Crippen LogP contribution in [0.3, 0.4) is 0 Å². The lowest BCUT2D eigenvalue weighted by Crippen LogP contribution is -2.44. The molecule has 1 amide bonds. The molecular weight excluding hydrogens is 310 g/mol. The third-order valence-electron chi connectivity index (χ3n) is 3.81. The summed E-state index contributed by atoms with van der Waals surface area (Å²) in [6.07, 6.45) is 5.42. The van der Waals surface area contributed by atoms with E-state index in [9.17, 15) is 9.90 Å². The first-order valence-electron chi connectivity index (χ1n) is 6.82. The van der Waals surface area contributed by atoms with Crippen molar-refractivity contribution < 1.29 is 9.90 Å². The molecule has 3 heterocycles. The molecule has 5 nitrogen and oxygen atoms in total. The van der Waals surface area contributed by atoms with Crippen LogP contribution in [0.2, 0.25) is 5.15 Å². The Hall–Kier alpha value is -1.37. The summed E-state index contributed by atoms with van der Waals surface area (Å²) >= 11 is 7.58. The molecule has 0 aliphatic carbocycles. The highest BCUT2D eigenvalue weighted by Gasteiger charge is 2.26. The number of hydrogen-bond acceptors (Lipinski definition) is 4. The first-order valence-corrected chi connectivity index (χ1v) is 8.08. The molecule has 7 heteroatoms. The van der Waals surface area contributed by atoms with Gasteiger partial charge in [-0.2, -0.15) is 0 Å². The topological polar surface area (TPSA) is 57.8 Å². The fourth-order valence-electron chi connectivity index (χ4n) is 2.51. The molecule has 0 aromatic carbocycles. The molecule has 0 radical (unpaired) electrons. The number of rotatable bonds is 2. The number of likely N-dealkylation sites (tertiary alicyclic amines) is 1. The van der Waals surface area contributed by atoms with Gasteiger partial charge in [-0.3, -0.25) is 9.20 Å². The average Bonchev–Trinajstić information content (AvgIpc) is 3.00. The number of thiazole rings is 1. The van der Waals surface area contributed by atoms with Gasteiger partial charge >= 0.3 is 0 Å². The van der Waals surface area contributed by atoms with Crippen LogP contribution in [0.4, 0.5) is 0 Å². The van der Waals surface area contributed by atoms with Gasteiger partial charge in [0.15, 0.2) is 10.1 Å². The lowest BCUT2D eigenvalue weighted by molar-refractivity contribution is -0.129. The predicted molar refractivity (Wildman–Crippen MR) is 83.5 cm³/mol. The van der Waals surface area contributed by atoms with E-state index in [0.717, 1.165) is 4.96 Å². The molecule has 0 bridgehead atoms. The lowest BCUT2D eigenvalue weighted by atomic mass is 9.97. The van der Waals surface area contributed by atoms with E-state index in [-0.39, 0.29) is 17.9 Å². The molecule has 2 atom stereocenters. The van der Waals surface area contributed by atoms with E-state index < -0.39 is 0 Å². The van der Waals surface area contributed by atoms with Crippen molar-refractivity contribution in [1.29, 1.82) is 0 Å². The number of nitrogens with zero attached hydrogens (tertiary/aromatic N) is 3. The Morgan fingerprint density at radius 1 is 1.62 bits per heavy atom. The summed E-state index contributed by atoms with van der Waals surface area (Å²) in [6, 6.07) is 0. The number of aliphatic hydroxyl groups excluding tert-OH is 1. The number of fused-ring (bicyclic) bond motifs is 1. The van der Waals surface area contributed by atoms with Gasteiger partial charge < -0.3 is 10.0 Å². The standard InChI is InChI=1S/C14H16ClN3O2S/c1-9-8-17(5-4-11(9)19)12(20)3-2-10-13(15)16-14-18(10)6-7-21-14/h2-3,6-7,9,11,19H,4-5,8H2,1H3/b3-2+. The van der Waals surface area contributed by atoms with Gasteiger partial charge in [-0.15, -0.1) is 11.3 Å². The molecule has 1 N–H and O–H groups in total. The van der Waals surface area contributed by atoms with E-state index in [1.54, 1.807) is 11.0 Å². The highest BCUT2D eigenvalue weighted by molar-refractivity contribution is 7.15. The zero-order valence-corrected chi connectivity index (χ0v) is 13.1. The van der Waals surface area contributed by atoms with Crippen molar-refractivity contribution in [1.82, 2.24) is 14.3 Å². The molecule has 2 unspecified atom stereocenters. The Labute approximate surface area is 131 Å². The van der Waals surface area contributed by atoms with Crippen LogP contribution < -0.4 is 0 Å². The number of aliphatic hydroxyl groups is 1. The van der Waals surface area contributed by atoms with Crippen molar-refractivity contribution in [3.63, 3.8) is 0 Å². The molecular formula is C14H16ClN3O2S. The van der Waals surface area contributed by atoms with Crippen LogP contribution in [-0.2, 0) is 4.79 Å². The largest absolute Gasteiger partial charge is 0.393 e. The Bertz CT molecular complexity index is 694. The number of imidazole rings is 1. The van der Waals surface area contributed by atoms with Gasteiger partial charge in [0, 0.05) is 30.7 Å². The molecule has 21 heavy (non-hydrogen) atoms. The maximum absolute atomic E-state index is 12.2. The average molecular weight is 326 g/mol. The zero-order valence-electron chi connectivity index (χ0n) is 11.6. The van der Waals surface area contributed by atoms with Gasteiger partial charge in [-0.25, -0.2) is 4.98 Å². The number of piperidine rings is 1. The summed E-state index contributed by atoms with van der Waals surface area (Å²) < 4.78 is 1.86. The summed E-state index contributed by atoms with van der Waals surface area (Å²) in [5, 5.41) is 12.0.